The number of hydrogen-bond donors (Lipinski definition) is 1. The summed E-state index contributed by atoms with van der Waals surface area (Å²) in [6, 6.07) is 6.37. The zero-order chi connectivity index (χ0) is 13.4. The van der Waals surface area contributed by atoms with Crippen LogP contribution < -0.4 is 5.32 Å². The molecule has 1 aromatic carbocycles. The Hall–Kier alpha value is -0.500. The van der Waals surface area contributed by atoms with E-state index in [0.717, 1.165) is 25.8 Å². The van der Waals surface area contributed by atoms with Gasteiger partial charge < -0.3 is 5.32 Å². The molecule has 3 heteroatoms. The lowest BCUT2D eigenvalue weighted by Gasteiger charge is -2.18. The van der Waals surface area contributed by atoms with Crippen LogP contribution in [0.5, 0.6) is 0 Å². The molecule has 0 aliphatic heterocycles. The number of allylic oxidation sites excluding steroid dienone is 1. The van der Waals surface area contributed by atoms with Crippen molar-refractivity contribution in [1.29, 1.82) is 0 Å². The van der Waals surface area contributed by atoms with E-state index in [1.54, 1.807) is 0 Å². The summed E-state index contributed by atoms with van der Waals surface area (Å²) in [4.78, 5) is 0. The first-order valence-electron chi connectivity index (χ1n) is 6.45. The topological polar surface area (TPSA) is 12.0 Å². The van der Waals surface area contributed by atoms with Crippen LogP contribution in [0.15, 0.2) is 30.9 Å². The van der Waals surface area contributed by atoms with E-state index < -0.39 is 0 Å². The van der Waals surface area contributed by atoms with Gasteiger partial charge in [-0.1, -0.05) is 42.3 Å². The lowest BCUT2D eigenvalue weighted by molar-refractivity contribution is 0.478. The number of likely N-dealkylation sites (N-methyl/N-ethyl adjacent to an activating group) is 1. The minimum absolute atomic E-state index is 0.493. The van der Waals surface area contributed by atoms with Crippen LogP contribution in [0.3, 0.4) is 0 Å². The summed E-state index contributed by atoms with van der Waals surface area (Å²) >= 11 is 12.0. The SMILES string of the molecule is C=CCCCC(Cc1ccc(Cl)c(Cl)c1)NCC. The standard InChI is InChI=1S/C15H21Cl2N/c1-3-5-6-7-13(18-4-2)10-12-8-9-14(16)15(17)11-12/h3,8-9,11,13,18H,1,4-7,10H2,2H3. The van der Waals surface area contributed by atoms with Gasteiger partial charge in [0.15, 0.2) is 0 Å². The van der Waals surface area contributed by atoms with E-state index in [1.807, 2.05) is 24.3 Å². The second kappa shape index (κ2) is 8.58. The van der Waals surface area contributed by atoms with Crippen molar-refractivity contribution in [1.82, 2.24) is 5.32 Å². The Labute approximate surface area is 120 Å². The first kappa shape index (κ1) is 15.6. The molecular formula is C15H21Cl2N. The summed E-state index contributed by atoms with van der Waals surface area (Å²) in [6.45, 7) is 6.88. The second-order valence-electron chi connectivity index (χ2n) is 4.43. The van der Waals surface area contributed by atoms with E-state index in [2.05, 4.69) is 18.8 Å². The zero-order valence-electron chi connectivity index (χ0n) is 10.9. The molecule has 0 heterocycles. The van der Waals surface area contributed by atoms with Crippen LogP contribution in [0.25, 0.3) is 0 Å². The van der Waals surface area contributed by atoms with Gasteiger partial charge >= 0.3 is 0 Å². The molecule has 0 saturated heterocycles. The van der Waals surface area contributed by atoms with Gasteiger partial charge in [-0.2, -0.15) is 0 Å². The van der Waals surface area contributed by atoms with Gasteiger partial charge in [0.2, 0.25) is 0 Å². The Morgan fingerprint density at radius 2 is 2.11 bits per heavy atom. The van der Waals surface area contributed by atoms with Gasteiger partial charge in [-0.15, -0.1) is 6.58 Å². The minimum Gasteiger partial charge on any atom is -0.314 e. The van der Waals surface area contributed by atoms with Crippen molar-refractivity contribution in [3.8, 4) is 0 Å². The number of nitrogens with one attached hydrogen (secondary N) is 1. The summed E-state index contributed by atoms with van der Waals surface area (Å²) in [5, 5.41) is 4.77. The van der Waals surface area contributed by atoms with Crippen LogP contribution in [0.4, 0.5) is 0 Å². The zero-order valence-corrected chi connectivity index (χ0v) is 12.4. The quantitative estimate of drug-likeness (QED) is 0.531. The first-order valence-corrected chi connectivity index (χ1v) is 7.21. The average Bonchev–Trinajstić information content (AvgIpc) is 2.34. The van der Waals surface area contributed by atoms with Crippen LogP contribution in [0.1, 0.15) is 31.7 Å². The molecule has 1 nitrogen and oxygen atoms in total. The maximum Gasteiger partial charge on any atom is 0.0595 e. The molecule has 1 aromatic rings. The van der Waals surface area contributed by atoms with Gasteiger partial charge in [-0.25, -0.2) is 0 Å². The fraction of sp³-hybridized carbons (Fsp3) is 0.467. The molecule has 0 amide bonds. The van der Waals surface area contributed by atoms with Gasteiger partial charge in [0.05, 0.1) is 10.0 Å². The maximum absolute atomic E-state index is 6.04. The molecular weight excluding hydrogens is 265 g/mol. The Kier molecular flexibility index (Phi) is 7.41. The highest BCUT2D eigenvalue weighted by atomic mass is 35.5. The summed E-state index contributed by atoms with van der Waals surface area (Å²) in [7, 11) is 0. The smallest absolute Gasteiger partial charge is 0.0595 e. The molecule has 0 saturated carbocycles. The van der Waals surface area contributed by atoms with E-state index in [-0.39, 0.29) is 0 Å². The molecule has 0 radical (unpaired) electrons. The van der Waals surface area contributed by atoms with Crippen LogP contribution in [0, 0.1) is 0 Å². The Morgan fingerprint density at radius 3 is 2.72 bits per heavy atom. The Balaban J connectivity index is 2.58. The van der Waals surface area contributed by atoms with Crippen molar-refractivity contribution in [3.63, 3.8) is 0 Å². The molecule has 1 rings (SSSR count). The minimum atomic E-state index is 0.493. The van der Waals surface area contributed by atoms with Crippen LogP contribution in [-0.2, 0) is 6.42 Å². The van der Waals surface area contributed by atoms with Crippen molar-refractivity contribution in [2.24, 2.45) is 0 Å². The largest absolute Gasteiger partial charge is 0.314 e. The lowest BCUT2D eigenvalue weighted by Crippen LogP contribution is -2.30. The molecule has 0 aromatic heterocycles. The van der Waals surface area contributed by atoms with E-state index in [0.29, 0.717) is 16.1 Å². The third kappa shape index (κ3) is 5.43. The van der Waals surface area contributed by atoms with Crippen molar-refractivity contribution in [2.45, 2.75) is 38.6 Å². The molecule has 0 fully saturated rings. The summed E-state index contributed by atoms with van der Waals surface area (Å²) in [6.07, 6.45) is 6.36. The third-order valence-corrected chi connectivity index (χ3v) is 3.66. The molecule has 0 aliphatic carbocycles. The molecule has 0 aliphatic rings. The monoisotopic (exact) mass is 285 g/mol. The van der Waals surface area contributed by atoms with Crippen molar-refractivity contribution in [2.75, 3.05) is 6.54 Å². The summed E-state index contributed by atoms with van der Waals surface area (Å²) < 4.78 is 0. The van der Waals surface area contributed by atoms with Crippen molar-refractivity contribution in [3.05, 3.63) is 46.5 Å². The molecule has 1 unspecified atom stereocenters. The second-order valence-corrected chi connectivity index (χ2v) is 5.24. The third-order valence-electron chi connectivity index (χ3n) is 2.92. The molecule has 18 heavy (non-hydrogen) atoms. The average molecular weight is 286 g/mol. The van der Waals surface area contributed by atoms with Crippen LogP contribution in [-0.4, -0.2) is 12.6 Å². The van der Waals surface area contributed by atoms with Gasteiger partial charge in [-0.05, 0) is 49.9 Å². The van der Waals surface area contributed by atoms with Gasteiger partial charge in [0, 0.05) is 6.04 Å². The highest BCUT2D eigenvalue weighted by Crippen LogP contribution is 2.23. The number of rotatable bonds is 8. The van der Waals surface area contributed by atoms with E-state index in [1.165, 1.54) is 12.0 Å². The fourth-order valence-electron chi connectivity index (χ4n) is 2.02. The van der Waals surface area contributed by atoms with E-state index in [4.69, 9.17) is 23.2 Å². The highest BCUT2D eigenvalue weighted by molar-refractivity contribution is 6.42. The number of hydrogen-bond acceptors (Lipinski definition) is 1. The number of halogens is 2. The van der Waals surface area contributed by atoms with Gasteiger partial charge in [0.1, 0.15) is 0 Å². The maximum atomic E-state index is 6.04. The van der Waals surface area contributed by atoms with Crippen LogP contribution in [0.2, 0.25) is 10.0 Å². The normalized spacial score (nSPS) is 12.4. The molecule has 0 spiro atoms. The molecule has 100 valence electrons. The number of unbranched alkanes of at least 4 members (excludes halogenated alkanes) is 1. The van der Waals surface area contributed by atoms with Crippen molar-refractivity contribution >= 4 is 23.2 Å². The van der Waals surface area contributed by atoms with Gasteiger partial charge in [-0.3, -0.25) is 0 Å². The van der Waals surface area contributed by atoms with E-state index >= 15 is 0 Å². The molecule has 0 bridgehead atoms. The molecule has 1 N–H and O–H groups in total. The van der Waals surface area contributed by atoms with E-state index in [9.17, 15) is 0 Å². The lowest BCUT2D eigenvalue weighted by atomic mass is 10.0. The number of benzene rings is 1. The summed E-state index contributed by atoms with van der Waals surface area (Å²) in [5.41, 5.74) is 1.23. The fourth-order valence-corrected chi connectivity index (χ4v) is 2.35. The first-order chi connectivity index (χ1) is 8.67. The van der Waals surface area contributed by atoms with Crippen LogP contribution >= 0.6 is 23.2 Å². The predicted molar refractivity (Wildman–Crippen MR) is 81.7 cm³/mol. The Morgan fingerprint density at radius 1 is 1.33 bits per heavy atom. The van der Waals surface area contributed by atoms with Gasteiger partial charge in [0.25, 0.3) is 0 Å². The molecule has 1 atom stereocenters. The predicted octanol–water partition coefficient (Wildman–Crippen LogP) is 4.87. The highest BCUT2D eigenvalue weighted by Gasteiger charge is 2.09. The van der Waals surface area contributed by atoms with Crippen molar-refractivity contribution < 1.29 is 0 Å². The summed E-state index contributed by atoms with van der Waals surface area (Å²) in [5.74, 6) is 0. The Bertz CT molecular complexity index is 377.